The summed E-state index contributed by atoms with van der Waals surface area (Å²) in [6.45, 7) is -0.374. The zero-order chi connectivity index (χ0) is 11.4. The highest BCUT2D eigenvalue weighted by Gasteiger charge is 2.12. The molecule has 0 radical (unpaired) electrons. The number of hydrogen-bond donors (Lipinski definition) is 3. The van der Waals surface area contributed by atoms with Crippen LogP contribution in [0.2, 0.25) is 0 Å². The lowest BCUT2D eigenvalue weighted by Gasteiger charge is -2.10. The Hall–Kier alpha value is -0.660. The molecule has 0 aromatic heterocycles. The number of carbonyl (C=O) groups excluding carboxylic acids is 1. The van der Waals surface area contributed by atoms with Gasteiger partial charge in [-0.3, -0.25) is 4.79 Å². The van der Waals surface area contributed by atoms with Crippen LogP contribution in [0.4, 0.5) is 0 Å². The SMILES string of the molecule is O=Cc1cc(I)cc(CC(O)CO)c1O. The monoisotopic (exact) mass is 322 g/mol. The number of halogens is 1. The number of phenolic OH excluding ortho intramolecular Hbond substituents is 1. The number of aliphatic hydroxyl groups is 2. The normalized spacial score (nSPS) is 12.5. The predicted octanol–water partition coefficient (Wildman–Crippen LogP) is 0.705. The Balaban J connectivity index is 3.06. The molecule has 82 valence electrons. The van der Waals surface area contributed by atoms with Gasteiger partial charge in [0, 0.05) is 9.99 Å². The van der Waals surface area contributed by atoms with E-state index in [1.807, 2.05) is 22.6 Å². The van der Waals surface area contributed by atoms with Crippen LogP contribution in [0.5, 0.6) is 5.75 Å². The van der Waals surface area contributed by atoms with Crippen molar-refractivity contribution in [3.63, 3.8) is 0 Å². The highest BCUT2D eigenvalue weighted by atomic mass is 127. The number of benzene rings is 1. The number of aromatic hydroxyl groups is 1. The van der Waals surface area contributed by atoms with E-state index in [9.17, 15) is 15.0 Å². The van der Waals surface area contributed by atoms with E-state index in [2.05, 4.69) is 0 Å². The quantitative estimate of drug-likeness (QED) is 0.563. The van der Waals surface area contributed by atoms with Crippen LogP contribution in [-0.4, -0.2) is 34.3 Å². The van der Waals surface area contributed by atoms with E-state index in [0.29, 0.717) is 11.8 Å². The van der Waals surface area contributed by atoms with E-state index >= 15 is 0 Å². The third kappa shape index (κ3) is 3.15. The Labute approximate surface area is 101 Å². The van der Waals surface area contributed by atoms with Crippen LogP contribution in [-0.2, 0) is 6.42 Å². The molecule has 0 fully saturated rings. The van der Waals surface area contributed by atoms with Crippen molar-refractivity contribution in [2.45, 2.75) is 12.5 Å². The van der Waals surface area contributed by atoms with Crippen LogP contribution >= 0.6 is 22.6 Å². The molecule has 0 aliphatic heterocycles. The van der Waals surface area contributed by atoms with E-state index in [1.165, 1.54) is 0 Å². The Morgan fingerprint density at radius 1 is 1.47 bits per heavy atom. The molecule has 0 amide bonds. The Morgan fingerprint density at radius 3 is 2.67 bits per heavy atom. The number of aliphatic hydroxyl groups excluding tert-OH is 2. The molecule has 5 heteroatoms. The minimum atomic E-state index is -0.923. The standard InChI is InChI=1S/C10H11IO4/c11-8-1-6(3-9(14)5-13)10(15)7(2-8)4-12/h1-2,4,9,13-15H,3,5H2. The van der Waals surface area contributed by atoms with Gasteiger partial charge in [0.2, 0.25) is 0 Å². The molecule has 1 atom stereocenters. The predicted molar refractivity (Wildman–Crippen MR) is 63.0 cm³/mol. The largest absolute Gasteiger partial charge is 0.507 e. The molecule has 0 aliphatic carbocycles. The van der Waals surface area contributed by atoms with E-state index in [0.717, 1.165) is 3.57 Å². The number of aldehydes is 1. The maximum absolute atomic E-state index is 10.6. The fraction of sp³-hybridized carbons (Fsp3) is 0.300. The number of carbonyl (C=O) groups is 1. The molecular weight excluding hydrogens is 311 g/mol. The number of phenols is 1. The van der Waals surface area contributed by atoms with Crippen molar-refractivity contribution in [1.82, 2.24) is 0 Å². The summed E-state index contributed by atoms with van der Waals surface area (Å²) in [5.41, 5.74) is 0.660. The topological polar surface area (TPSA) is 77.8 Å². The Morgan fingerprint density at radius 2 is 2.13 bits per heavy atom. The van der Waals surface area contributed by atoms with Gasteiger partial charge in [0.25, 0.3) is 0 Å². The van der Waals surface area contributed by atoms with Gasteiger partial charge in [-0.15, -0.1) is 0 Å². The molecule has 1 unspecified atom stereocenters. The summed E-state index contributed by atoms with van der Waals surface area (Å²) in [7, 11) is 0. The maximum atomic E-state index is 10.6. The molecule has 0 saturated heterocycles. The first kappa shape index (κ1) is 12.4. The summed E-state index contributed by atoms with van der Waals surface area (Å²) in [6, 6.07) is 3.22. The number of hydrogen-bond acceptors (Lipinski definition) is 4. The van der Waals surface area contributed by atoms with Crippen molar-refractivity contribution in [2.24, 2.45) is 0 Å². The lowest BCUT2D eigenvalue weighted by atomic mass is 10.0. The molecule has 0 bridgehead atoms. The first-order valence-electron chi connectivity index (χ1n) is 4.34. The van der Waals surface area contributed by atoms with Crippen LogP contribution in [0.25, 0.3) is 0 Å². The van der Waals surface area contributed by atoms with Gasteiger partial charge in [-0.2, -0.15) is 0 Å². The molecule has 4 nitrogen and oxygen atoms in total. The lowest BCUT2D eigenvalue weighted by molar-refractivity contribution is 0.0949. The van der Waals surface area contributed by atoms with Gasteiger partial charge < -0.3 is 15.3 Å². The van der Waals surface area contributed by atoms with E-state index in [-0.39, 0.29) is 24.3 Å². The first-order valence-corrected chi connectivity index (χ1v) is 5.41. The van der Waals surface area contributed by atoms with E-state index in [1.54, 1.807) is 12.1 Å². The summed E-state index contributed by atoms with van der Waals surface area (Å²) in [6.07, 6.45) is -0.236. The summed E-state index contributed by atoms with van der Waals surface area (Å²) in [5.74, 6) is -0.127. The summed E-state index contributed by atoms with van der Waals surface area (Å²) in [4.78, 5) is 10.6. The summed E-state index contributed by atoms with van der Waals surface area (Å²) in [5, 5.41) is 27.5. The fourth-order valence-electron chi connectivity index (χ4n) is 1.24. The van der Waals surface area contributed by atoms with Gasteiger partial charge in [-0.25, -0.2) is 0 Å². The van der Waals surface area contributed by atoms with Gasteiger partial charge >= 0.3 is 0 Å². The van der Waals surface area contributed by atoms with Gasteiger partial charge in [0.05, 0.1) is 18.3 Å². The van der Waals surface area contributed by atoms with Crippen LogP contribution in [0.1, 0.15) is 15.9 Å². The molecule has 1 rings (SSSR count). The van der Waals surface area contributed by atoms with Crippen molar-refractivity contribution in [1.29, 1.82) is 0 Å². The van der Waals surface area contributed by atoms with Crippen molar-refractivity contribution in [3.05, 3.63) is 26.8 Å². The summed E-state index contributed by atoms with van der Waals surface area (Å²) < 4.78 is 0.799. The van der Waals surface area contributed by atoms with Crippen molar-refractivity contribution in [2.75, 3.05) is 6.61 Å². The second kappa shape index (κ2) is 5.43. The van der Waals surface area contributed by atoms with Crippen LogP contribution in [0.15, 0.2) is 12.1 Å². The minimum Gasteiger partial charge on any atom is -0.507 e. The van der Waals surface area contributed by atoms with Gasteiger partial charge in [0.15, 0.2) is 6.29 Å². The van der Waals surface area contributed by atoms with Crippen LogP contribution in [0, 0.1) is 3.57 Å². The van der Waals surface area contributed by atoms with Crippen LogP contribution in [0.3, 0.4) is 0 Å². The lowest BCUT2D eigenvalue weighted by Crippen LogP contribution is -2.15. The highest BCUT2D eigenvalue weighted by molar-refractivity contribution is 14.1. The average molecular weight is 322 g/mol. The molecule has 1 aromatic carbocycles. The third-order valence-corrected chi connectivity index (χ3v) is 2.60. The third-order valence-electron chi connectivity index (χ3n) is 1.98. The van der Waals surface area contributed by atoms with E-state index in [4.69, 9.17) is 5.11 Å². The molecule has 0 heterocycles. The molecule has 0 saturated carbocycles. The zero-order valence-corrected chi connectivity index (χ0v) is 10.0. The molecular formula is C10H11IO4. The average Bonchev–Trinajstić information content (AvgIpc) is 2.22. The van der Waals surface area contributed by atoms with Crippen molar-refractivity contribution >= 4 is 28.9 Å². The fourth-order valence-corrected chi connectivity index (χ4v) is 1.95. The Kier molecular flexibility index (Phi) is 4.49. The van der Waals surface area contributed by atoms with Gasteiger partial charge in [-0.1, -0.05) is 0 Å². The highest BCUT2D eigenvalue weighted by Crippen LogP contribution is 2.25. The smallest absolute Gasteiger partial charge is 0.153 e. The van der Waals surface area contributed by atoms with Crippen molar-refractivity contribution < 1.29 is 20.1 Å². The van der Waals surface area contributed by atoms with Crippen molar-refractivity contribution in [3.8, 4) is 5.75 Å². The molecule has 15 heavy (non-hydrogen) atoms. The first-order chi connectivity index (χ1) is 7.08. The molecule has 3 N–H and O–H groups in total. The van der Waals surface area contributed by atoms with Crippen LogP contribution < -0.4 is 0 Å². The molecule has 1 aromatic rings. The number of rotatable bonds is 4. The summed E-state index contributed by atoms with van der Waals surface area (Å²) >= 11 is 2.02. The van der Waals surface area contributed by atoms with Gasteiger partial charge in [-0.05, 0) is 40.3 Å². The minimum absolute atomic E-state index is 0.125. The van der Waals surface area contributed by atoms with Gasteiger partial charge in [0.1, 0.15) is 5.75 Å². The molecule has 0 aliphatic rings. The zero-order valence-electron chi connectivity index (χ0n) is 7.85. The van der Waals surface area contributed by atoms with E-state index < -0.39 is 6.10 Å². The second-order valence-corrected chi connectivity index (χ2v) is 4.41. The second-order valence-electron chi connectivity index (χ2n) is 3.16. The maximum Gasteiger partial charge on any atom is 0.153 e. The molecule has 0 spiro atoms. The Bertz CT molecular complexity index is 365.